The number of rotatable bonds is 4. The first kappa shape index (κ1) is 16.6. The third-order valence-electron chi connectivity index (χ3n) is 6.57. The summed E-state index contributed by atoms with van der Waals surface area (Å²) in [5, 5.41) is 3.56. The maximum Gasteiger partial charge on any atom is 0.0233 e. The Morgan fingerprint density at radius 2 is 1.83 bits per heavy atom. The fraction of sp³-hybridized carbons (Fsp3) is 0.714. The first-order valence-corrected chi connectivity index (χ1v) is 9.84. The van der Waals surface area contributed by atoms with Crippen LogP contribution in [-0.2, 0) is 6.54 Å². The third kappa shape index (κ3) is 3.68. The fourth-order valence-electron chi connectivity index (χ4n) is 5.33. The molecule has 3 nitrogen and oxygen atoms in total. The summed E-state index contributed by atoms with van der Waals surface area (Å²) >= 11 is 0. The van der Waals surface area contributed by atoms with Gasteiger partial charge in [-0.25, -0.2) is 0 Å². The molecule has 0 radical (unpaired) electrons. The second-order valence-corrected chi connectivity index (χ2v) is 9.00. The average Bonchev–Trinajstić information content (AvgIpc) is 3.16. The Balaban J connectivity index is 1.35. The quantitative estimate of drug-likeness (QED) is 0.917. The van der Waals surface area contributed by atoms with Gasteiger partial charge in [-0.15, -0.1) is 0 Å². The van der Waals surface area contributed by atoms with Gasteiger partial charge in [-0.3, -0.25) is 4.90 Å². The summed E-state index contributed by atoms with van der Waals surface area (Å²) in [6.07, 6.45) is 5.56. The average molecular weight is 328 g/mol. The summed E-state index contributed by atoms with van der Waals surface area (Å²) in [6, 6.07) is 11.0. The molecule has 0 bridgehead atoms. The summed E-state index contributed by atoms with van der Waals surface area (Å²) < 4.78 is 0. The Morgan fingerprint density at radius 3 is 2.62 bits per heavy atom. The molecule has 0 saturated carbocycles. The molecular weight excluding hydrogens is 294 g/mol. The van der Waals surface area contributed by atoms with Gasteiger partial charge in [0, 0.05) is 32.7 Å². The molecule has 1 aromatic carbocycles. The van der Waals surface area contributed by atoms with Crippen molar-refractivity contribution < 1.29 is 0 Å². The van der Waals surface area contributed by atoms with Crippen LogP contribution in [-0.4, -0.2) is 55.6 Å². The lowest BCUT2D eigenvalue weighted by Gasteiger charge is -2.41. The van der Waals surface area contributed by atoms with Gasteiger partial charge in [0.05, 0.1) is 0 Å². The maximum atomic E-state index is 3.56. The summed E-state index contributed by atoms with van der Waals surface area (Å²) in [5.41, 5.74) is 2.54. The summed E-state index contributed by atoms with van der Waals surface area (Å²) in [7, 11) is 0. The molecule has 2 atom stereocenters. The molecule has 132 valence electrons. The molecule has 0 aliphatic carbocycles. The highest BCUT2D eigenvalue weighted by Crippen LogP contribution is 2.40. The van der Waals surface area contributed by atoms with Crippen LogP contribution in [0.2, 0.25) is 0 Å². The van der Waals surface area contributed by atoms with Crippen LogP contribution < -0.4 is 5.32 Å². The van der Waals surface area contributed by atoms with Gasteiger partial charge in [0.1, 0.15) is 0 Å². The van der Waals surface area contributed by atoms with Gasteiger partial charge in [-0.1, -0.05) is 37.3 Å². The van der Waals surface area contributed by atoms with E-state index in [-0.39, 0.29) is 0 Å². The van der Waals surface area contributed by atoms with Gasteiger partial charge in [-0.2, -0.15) is 0 Å². The van der Waals surface area contributed by atoms with Crippen LogP contribution in [0.5, 0.6) is 0 Å². The number of hydrogen-bond acceptors (Lipinski definition) is 3. The highest BCUT2D eigenvalue weighted by atomic mass is 15.2. The number of nitrogens with one attached hydrogen (secondary N) is 1. The van der Waals surface area contributed by atoms with Crippen molar-refractivity contribution >= 4 is 0 Å². The van der Waals surface area contributed by atoms with Gasteiger partial charge >= 0.3 is 0 Å². The molecule has 4 rings (SSSR count). The molecular formula is C21H33N3. The lowest BCUT2D eigenvalue weighted by atomic mass is 9.79. The highest BCUT2D eigenvalue weighted by Gasteiger charge is 2.43. The molecule has 1 N–H and O–H groups in total. The number of hydrogen-bond donors (Lipinski definition) is 1. The molecule has 1 spiro atoms. The third-order valence-corrected chi connectivity index (χ3v) is 6.57. The molecule has 0 aromatic heterocycles. The van der Waals surface area contributed by atoms with Crippen molar-refractivity contribution in [3.05, 3.63) is 35.9 Å². The smallest absolute Gasteiger partial charge is 0.0233 e. The van der Waals surface area contributed by atoms with E-state index in [1.165, 1.54) is 77.1 Å². The molecule has 24 heavy (non-hydrogen) atoms. The first-order valence-electron chi connectivity index (χ1n) is 9.84. The standard InChI is InChI=1S/C21H33N3/c1-20(9-11-22-15-20)16-24-13-10-21(18-24)8-5-12-23(17-21)14-19-6-3-2-4-7-19/h2-4,6-7,22H,5,8-18H2,1H3. The Bertz CT molecular complexity index is 537. The van der Waals surface area contributed by atoms with Crippen LogP contribution in [0.4, 0.5) is 0 Å². The summed E-state index contributed by atoms with van der Waals surface area (Å²) in [6.45, 7) is 12.5. The van der Waals surface area contributed by atoms with E-state index >= 15 is 0 Å². The molecule has 3 aliphatic heterocycles. The van der Waals surface area contributed by atoms with Crippen LogP contribution in [0.15, 0.2) is 30.3 Å². The molecule has 3 aliphatic rings. The zero-order valence-electron chi connectivity index (χ0n) is 15.3. The number of benzene rings is 1. The topological polar surface area (TPSA) is 18.5 Å². The fourth-order valence-corrected chi connectivity index (χ4v) is 5.33. The zero-order chi connectivity index (χ0) is 16.5. The van der Waals surface area contributed by atoms with Crippen molar-refractivity contribution in [1.29, 1.82) is 0 Å². The SMILES string of the molecule is CC1(CN2CCC3(CCCN(Cc4ccccc4)C3)C2)CCNC1. The Hall–Kier alpha value is -0.900. The van der Waals surface area contributed by atoms with Crippen LogP contribution in [0.1, 0.15) is 38.2 Å². The van der Waals surface area contributed by atoms with Crippen molar-refractivity contribution in [2.75, 3.05) is 45.8 Å². The van der Waals surface area contributed by atoms with Crippen LogP contribution in [0, 0.1) is 10.8 Å². The first-order chi connectivity index (χ1) is 11.6. The second kappa shape index (κ2) is 6.78. The minimum absolute atomic E-state index is 0.504. The summed E-state index contributed by atoms with van der Waals surface area (Å²) in [4.78, 5) is 5.49. The predicted octanol–water partition coefficient (Wildman–Crippen LogP) is 2.97. The Kier molecular flexibility index (Phi) is 4.68. The molecule has 3 heterocycles. The van der Waals surface area contributed by atoms with Gasteiger partial charge in [0.2, 0.25) is 0 Å². The van der Waals surface area contributed by atoms with Crippen molar-refractivity contribution in [1.82, 2.24) is 15.1 Å². The van der Waals surface area contributed by atoms with E-state index in [1.807, 2.05) is 0 Å². The van der Waals surface area contributed by atoms with E-state index in [4.69, 9.17) is 0 Å². The van der Waals surface area contributed by atoms with Gasteiger partial charge < -0.3 is 10.2 Å². The van der Waals surface area contributed by atoms with Crippen LogP contribution >= 0.6 is 0 Å². The van der Waals surface area contributed by atoms with Crippen molar-refractivity contribution in [2.45, 2.75) is 39.2 Å². The monoisotopic (exact) mass is 327 g/mol. The van der Waals surface area contributed by atoms with Gasteiger partial charge in [-0.05, 0) is 61.7 Å². The van der Waals surface area contributed by atoms with E-state index in [2.05, 4.69) is 52.4 Å². The minimum Gasteiger partial charge on any atom is -0.316 e. The van der Waals surface area contributed by atoms with Gasteiger partial charge in [0.25, 0.3) is 0 Å². The molecule has 3 fully saturated rings. The van der Waals surface area contributed by atoms with Crippen molar-refractivity contribution in [3.63, 3.8) is 0 Å². The lowest BCUT2D eigenvalue weighted by molar-refractivity contribution is 0.0820. The molecule has 3 heteroatoms. The van der Waals surface area contributed by atoms with Crippen molar-refractivity contribution in [2.24, 2.45) is 10.8 Å². The van der Waals surface area contributed by atoms with Crippen molar-refractivity contribution in [3.8, 4) is 0 Å². The van der Waals surface area contributed by atoms with Crippen LogP contribution in [0.3, 0.4) is 0 Å². The molecule has 1 aromatic rings. The zero-order valence-corrected chi connectivity index (χ0v) is 15.3. The normalized spacial score (nSPS) is 35.0. The van der Waals surface area contributed by atoms with E-state index in [0.717, 1.165) is 6.54 Å². The van der Waals surface area contributed by atoms with E-state index in [0.29, 0.717) is 10.8 Å². The lowest BCUT2D eigenvalue weighted by Crippen LogP contribution is -2.45. The van der Waals surface area contributed by atoms with Gasteiger partial charge in [0.15, 0.2) is 0 Å². The minimum atomic E-state index is 0.504. The predicted molar refractivity (Wildman–Crippen MR) is 100 cm³/mol. The summed E-state index contributed by atoms with van der Waals surface area (Å²) in [5.74, 6) is 0. The maximum absolute atomic E-state index is 3.56. The highest BCUT2D eigenvalue weighted by molar-refractivity contribution is 5.14. The molecule has 2 unspecified atom stereocenters. The Labute approximate surface area is 147 Å². The molecule has 0 amide bonds. The molecule has 3 saturated heterocycles. The number of nitrogens with zero attached hydrogens (tertiary/aromatic N) is 2. The largest absolute Gasteiger partial charge is 0.316 e. The Morgan fingerprint density at radius 1 is 1.00 bits per heavy atom. The van der Waals surface area contributed by atoms with E-state index < -0.39 is 0 Å². The van der Waals surface area contributed by atoms with Crippen LogP contribution in [0.25, 0.3) is 0 Å². The number of likely N-dealkylation sites (tertiary alicyclic amines) is 2. The van der Waals surface area contributed by atoms with E-state index in [1.54, 1.807) is 0 Å². The number of piperidine rings is 1. The second-order valence-electron chi connectivity index (χ2n) is 9.00. The van der Waals surface area contributed by atoms with E-state index in [9.17, 15) is 0 Å².